The van der Waals surface area contributed by atoms with Crippen molar-refractivity contribution in [3.63, 3.8) is 0 Å². The summed E-state index contributed by atoms with van der Waals surface area (Å²) in [5.74, 6) is 0.00194. The molecule has 3 nitrogen and oxygen atoms in total. The Hall–Kier alpha value is -0.950. The molecule has 0 aromatic carbocycles. The highest BCUT2D eigenvalue weighted by Crippen LogP contribution is 1.95. The van der Waals surface area contributed by atoms with Crippen LogP contribution in [0.2, 0.25) is 0 Å². The lowest BCUT2D eigenvalue weighted by molar-refractivity contribution is -0.110. The Morgan fingerprint density at radius 2 is 2.44 bits per heavy atom. The monoisotopic (exact) mass is 127 g/mol. The molecule has 50 valence electrons. The first kappa shape index (κ1) is 8.05. The van der Waals surface area contributed by atoms with E-state index in [4.69, 9.17) is 0 Å². The van der Waals surface area contributed by atoms with Gasteiger partial charge >= 0.3 is 0 Å². The van der Waals surface area contributed by atoms with E-state index >= 15 is 0 Å². The van der Waals surface area contributed by atoms with E-state index in [1.165, 1.54) is 6.08 Å². The van der Waals surface area contributed by atoms with Crippen LogP contribution < -0.4 is 0 Å². The zero-order chi connectivity index (χ0) is 7.11. The molecule has 0 rings (SSSR count). The van der Waals surface area contributed by atoms with Gasteiger partial charge < -0.3 is 4.79 Å². The van der Waals surface area contributed by atoms with E-state index < -0.39 is 0 Å². The molecule has 0 N–H and O–H groups in total. The molecule has 0 radical (unpaired) electrons. The van der Waals surface area contributed by atoms with Crippen LogP contribution in [-0.2, 0) is 9.59 Å². The number of aldehydes is 1. The van der Waals surface area contributed by atoms with Crippen LogP contribution >= 0.6 is 0 Å². The Morgan fingerprint density at radius 3 is 2.89 bits per heavy atom. The zero-order valence-corrected chi connectivity index (χ0v) is 5.33. The molecule has 0 aromatic heterocycles. The van der Waals surface area contributed by atoms with Gasteiger partial charge in [0, 0.05) is 5.92 Å². The van der Waals surface area contributed by atoms with E-state index in [2.05, 4.69) is 4.99 Å². The maximum Gasteiger partial charge on any atom is 0.234 e. The summed E-state index contributed by atoms with van der Waals surface area (Å²) in [6.45, 7) is 2.19. The summed E-state index contributed by atoms with van der Waals surface area (Å²) in [6, 6.07) is 0. The Kier molecular flexibility index (Phi) is 4.64. The van der Waals surface area contributed by atoms with E-state index in [9.17, 15) is 9.59 Å². The van der Waals surface area contributed by atoms with E-state index in [-0.39, 0.29) is 5.92 Å². The van der Waals surface area contributed by atoms with Gasteiger partial charge in [-0.2, -0.15) is 0 Å². The van der Waals surface area contributed by atoms with Crippen molar-refractivity contribution >= 4 is 12.4 Å². The predicted molar refractivity (Wildman–Crippen MR) is 32.8 cm³/mol. The minimum atomic E-state index is 0.00194. The molecule has 1 atom stereocenters. The third-order valence-electron chi connectivity index (χ3n) is 0.993. The standard InChI is InChI=1S/C6H9NO2/c1-6(4-8)2-3-7-5-9/h4,6H,2-3H2,1H3. The van der Waals surface area contributed by atoms with Gasteiger partial charge in [0.15, 0.2) is 0 Å². The lowest BCUT2D eigenvalue weighted by Crippen LogP contribution is -1.96. The molecule has 0 saturated carbocycles. The van der Waals surface area contributed by atoms with Crippen LogP contribution in [0.1, 0.15) is 13.3 Å². The van der Waals surface area contributed by atoms with E-state index in [1.807, 2.05) is 0 Å². The van der Waals surface area contributed by atoms with Gasteiger partial charge in [-0.25, -0.2) is 9.79 Å². The zero-order valence-electron chi connectivity index (χ0n) is 5.33. The first-order chi connectivity index (χ1) is 4.31. The summed E-state index contributed by atoms with van der Waals surface area (Å²) >= 11 is 0. The fourth-order valence-corrected chi connectivity index (χ4v) is 0.382. The van der Waals surface area contributed by atoms with Crippen molar-refractivity contribution in [2.45, 2.75) is 13.3 Å². The molecule has 0 heterocycles. The van der Waals surface area contributed by atoms with Gasteiger partial charge in [-0.05, 0) is 6.42 Å². The van der Waals surface area contributed by atoms with Crippen LogP contribution in [-0.4, -0.2) is 18.9 Å². The molecule has 1 unspecified atom stereocenters. The number of nitrogens with zero attached hydrogens (tertiary/aromatic N) is 1. The summed E-state index contributed by atoms with van der Waals surface area (Å²) in [7, 11) is 0. The van der Waals surface area contributed by atoms with Crippen molar-refractivity contribution < 1.29 is 9.59 Å². The molecule has 0 saturated heterocycles. The summed E-state index contributed by atoms with van der Waals surface area (Å²) < 4.78 is 0. The average molecular weight is 127 g/mol. The highest BCUT2D eigenvalue weighted by molar-refractivity contribution is 5.52. The van der Waals surface area contributed by atoms with Crippen molar-refractivity contribution in [3.05, 3.63) is 0 Å². The molecule has 0 spiro atoms. The second-order valence-corrected chi connectivity index (χ2v) is 1.88. The predicted octanol–water partition coefficient (Wildman–Crippen LogP) is 0.547. The lowest BCUT2D eigenvalue weighted by atomic mass is 10.1. The van der Waals surface area contributed by atoms with Gasteiger partial charge in [0.2, 0.25) is 6.08 Å². The molecule has 0 amide bonds. The van der Waals surface area contributed by atoms with Crippen LogP contribution in [0, 0.1) is 5.92 Å². The summed E-state index contributed by atoms with van der Waals surface area (Å²) in [6.07, 6.45) is 2.89. The Balaban J connectivity index is 3.26. The largest absolute Gasteiger partial charge is 0.303 e. The molecule has 0 aliphatic carbocycles. The van der Waals surface area contributed by atoms with E-state index in [0.717, 1.165) is 6.29 Å². The third-order valence-corrected chi connectivity index (χ3v) is 0.993. The van der Waals surface area contributed by atoms with Gasteiger partial charge in [0.1, 0.15) is 6.29 Å². The van der Waals surface area contributed by atoms with Crippen molar-refractivity contribution in [2.24, 2.45) is 10.9 Å². The minimum absolute atomic E-state index is 0.00194. The van der Waals surface area contributed by atoms with Crippen molar-refractivity contribution in [3.8, 4) is 0 Å². The number of hydrogen-bond donors (Lipinski definition) is 0. The SMILES string of the molecule is CC(C=O)CCN=C=O. The van der Waals surface area contributed by atoms with Gasteiger partial charge in [0.05, 0.1) is 6.54 Å². The molecule has 0 aliphatic heterocycles. The van der Waals surface area contributed by atoms with Crippen molar-refractivity contribution in [1.82, 2.24) is 0 Å². The Bertz CT molecular complexity index is 127. The van der Waals surface area contributed by atoms with Crippen LogP contribution in [0.3, 0.4) is 0 Å². The Morgan fingerprint density at radius 1 is 1.78 bits per heavy atom. The number of isocyanates is 1. The second kappa shape index (κ2) is 5.19. The number of carbonyl (C=O) groups excluding carboxylic acids is 2. The van der Waals surface area contributed by atoms with Crippen LogP contribution in [0.25, 0.3) is 0 Å². The van der Waals surface area contributed by atoms with Gasteiger partial charge in [-0.3, -0.25) is 0 Å². The topological polar surface area (TPSA) is 46.5 Å². The average Bonchev–Trinajstić information content (AvgIpc) is 1.89. The fraction of sp³-hybridized carbons (Fsp3) is 0.667. The molecular weight excluding hydrogens is 118 g/mol. The van der Waals surface area contributed by atoms with E-state index in [0.29, 0.717) is 13.0 Å². The number of aliphatic imine (C=N–C) groups is 1. The van der Waals surface area contributed by atoms with Crippen molar-refractivity contribution in [1.29, 1.82) is 0 Å². The highest BCUT2D eigenvalue weighted by Gasteiger charge is 1.95. The smallest absolute Gasteiger partial charge is 0.234 e. The number of carbonyl (C=O) groups is 1. The summed E-state index contributed by atoms with van der Waals surface area (Å²) in [5.41, 5.74) is 0. The van der Waals surface area contributed by atoms with E-state index in [1.54, 1.807) is 6.92 Å². The summed E-state index contributed by atoms with van der Waals surface area (Å²) in [4.78, 5) is 22.7. The molecule has 0 bridgehead atoms. The minimum Gasteiger partial charge on any atom is -0.303 e. The number of hydrogen-bond acceptors (Lipinski definition) is 3. The van der Waals surface area contributed by atoms with Gasteiger partial charge in [-0.15, -0.1) is 0 Å². The maximum atomic E-state index is 9.96. The second-order valence-electron chi connectivity index (χ2n) is 1.88. The first-order valence-electron chi connectivity index (χ1n) is 2.80. The quantitative estimate of drug-likeness (QED) is 0.314. The van der Waals surface area contributed by atoms with Crippen LogP contribution in [0.4, 0.5) is 0 Å². The molecule has 0 fully saturated rings. The number of rotatable bonds is 4. The Labute approximate surface area is 53.8 Å². The highest BCUT2D eigenvalue weighted by atomic mass is 16.1. The molecule has 9 heavy (non-hydrogen) atoms. The van der Waals surface area contributed by atoms with Gasteiger partial charge in [0.25, 0.3) is 0 Å². The third kappa shape index (κ3) is 4.91. The lowest BCUT2D eigenvalue weighted by Gasteiger charge is -1.94. The fourth-order valence-electron chi connectivity index (χ4n) is 0.382. The molecule has 0 aliphatic rings. The summed E-state index contributed by atoms with van der Waals surface area (Å²) in [5, 5.41) is 0. The first-order valence-corrected chi connectivity index (χ1v) is 2.80. The van der Waals surface area contributed by atoms with Crippen LogP contribution in [0.5, 0.6) is 0 Å². The molecule has 0 aromatic rings. The normalized spacial score (nSPS) is 11.7. The van der Waals surface area contributed by atoms with Gasteiger partial charge in [-0.1, -0.05) is 6.92 Å². The maximum absolute atomic E-state index is 9.96. The molecule has 3 heteroatoms. The van der Waals surface area contributed by atoms with Crippen molar-refractivity contribution in [2.75, 3.05) is 6.54 Å². The van der Waals surface area contributed by atoms with Crippen LogP contribution in [0.15, 0.2) is 4.99 Å². The molecular formula is C6H9NO2.